The van der Waals surface area contributed by atoms with Gasteiger partial charge < -0.3 is 4.90 Å². The van der Waals surface area contributed by atoms with Crippen LogP contribution < -0.4 is 4.90 Å². The van der Waals surface area contributed by atoms with Gasteiger partial charge in [0.1, 0.15) is 0 Å². The molecule has 0 bridgehead atoms. The van der Waals surface area contributed by atoms with E-state index in [1.807, 2.05) is 37.4 Å². The highest BCUT2D eigenvalue weighted by Gasteiger charge is 2.07. The molecule has 0 aromatic heterocycles. The molecule has 0 unspecified atom stereocenters. The number of hydrogen-bond donors (Lipinski definition) is 0. The average Bonchev–Trinajstić information content (AvgIpc) is 2.54. The van der Waals surface area contributed by atoms with Crippen LogP contribution in [-0.2, 0) is 0 Å². The minimum atomic E-state index is 0.681. The van der Waals surface area contributed by atoms with E-state index in [1.54, 1.807) is 0 Å². The molecule has 20 heavy (non-hydrogen) atoms. The number of nitrogens with zero attached hydrogens (tertiary/aromatic N) is 2. The average molecular weight is 258 g/mol. The third kappa shape index (κ3) is 2.10. The summed E-state index contributed by atoms with van der Waals surface area (Å²) in [6.45, 7) is 0. The smallest absolute Gasteiger partial charge is 0.0991 e. The highest BCUT2D eigenvalue weighted by atomic mass is 15.1. The number of hydrogen-bond acceptors (Lipinski definition) is 2. The molecule has 3 aromatic rings. The van der Waals surface area contributed by atoms with Gasteiger partial charge in [0.15, 0.2) is 0 Å². The van der Waals surface area contributed by atoms with Gasteiger partial charge in [-0.3, -0.25) is 0 Å². The van der Waals surface area contributed by atoms with Gasteiger partial charge in [-0.1, -0.05) is 36.4 Å². The molecule has 0 aliphatic rings. The van der Waals surface area contributed by atoms with E-state index in [0.29, 0.717) is 5.56 Å². The minimum Gasteiger partial charge on any atom is -0.344 e. The van der Waals surface area contributed by atoms with Gasteiger partial charge in [-0.2, -0.15) is 5.26 Å². The Morgan fingerprint density at radius 2 is 1.55 bits per heavy atom. The lowest BCUT2D eigenvalue weighted by Crippen LogP contribution is -2.09. The summed E-state index contributed by atoms with van der Waals surface area (Å²) in [7, 11) is 2.04. The first-order valence-corrected chi connectivity index (χ1v) is 6.51. The normalized spacial score (nSPS) is 10.2. The molecule has 0 amide bonds. The minimum absolute atomic E-state index is 0.681. The first-order chi connectivity index (χ1) is 9.79. The summed E-state index contributed by atoms with van der Waals surface area (Å²) >= 11 is 0. The van der Waals surface area contributed by atoms with Crippen molar-refractivity contribution in [2.75, 3.05) is 11.9 Å². The maximum atomic E-state index is 8.86. The number of nitriles is 1. The Balaban J connectivity index is 2.08. The Bertz CT molecular complexity index is 777. The van der Waals surface area contributed by atoms with Gasteiger partial charge in [0.25, 0.3) is 0 Å². The molecule has 0 aliphatic heterocycles. The van der Waals surface area contributed by atoms with Crippen LogP contribution in [0.25, 0.3) is 10.8 Å². The van der Waals surface area contributed by atoms with Gasteiger partial charge in [0.05, 0.1) is 11.6 Å². The number of anilines is 2. The Morgan fingerprint density at radius 3 is 2.30 bits per heavy atom. The molecule has 0 spiro atoms. The highest BCUT2D eigenvalue weighted by molar-refractivity contribution is 5.95. The molecular formula is C18H14N2. The largest absolute Gasteiger partial charge is 0.344 e. The van der Waals surface area contributed by atoms with E-state index in [0.717, 1.165) is 11.4 Å². The molecule has 0 radical (unpaired) electrons. The van der Waals surface area contributed by atoms with Crippen molar-refractivity contribution in [2.45, 2.75) is 0 Å². The molecule has 0 fully saturated rings. The van der Waals surface area contributed by atoms with Crippen LogP contribution in [0.5, 0.6) is 0 Å². The van der Waals surface area contributed by atoms with Crippen molar-refractivity contribution in [3.05, 3.63) is 72.3 Å². The van der Waals surface area contributed by atoms with Crippen molar-refractivity contribution in [1.29, 1.82) is 5.26 Å². The topological polar surface area (TPSA) is 27.0 Å². The fraction of sp³-hybridized carbons (Fsp3) is 0.0556. The molecule has 2 heteroatoms. The van der Waals surface area contributed by atoms with Gasteiger partial charge in [0, 0.05) is 23.8 Å². The lowest BCUT2D eigenvalue weighted by molar-refractivity contribution is 1.22. The van der Waals surface area contributed by atoms with Crippen LogP contribution in [0, 0.1) is 11.3 Å². The third-order valence-corrected chi connectivity index (χ3v) is 3.51. The Morgan fingerprint density at radius 1 is 0.850 bits per heavy atom. The second-order valence-corrected chi connectivity index (χ2v) is 4.72. The maximum absolute atomic E-state index is 8.86. The quantitative estimate of drug-likeness (QED) is 0.677. The first-order valence-electron chi connectivity index (χ1n) is 6.51. The van der Waals surface area contributed by atoms with E-state index >= 15 is 0 Å². The first kappa shape index (κ1) is 12.3. The van der Waals surface area contributed by atoms with Gasteiger partial charge in [-0.05, 0) is 35.7 Å². The molecule has 2 nitrogen and oxygen atoms in total. The molecule has 0 aliphatic carbocycles. The molecule has 96 valence electrons. The zero-order chi connectivity index (χ0) is 13.9. The Hall–Kier alpha value is -2.79. The number of benzene rings is 3. The monoisotopic (exact) mass is 258 g/mol. The fourth-order valence-electron chi connectivity index (χ4n) is 2.40. The van der Waals surface area contributed by atoms with Crippen molar-refractivity contribution in [2.24, 2.45) is 0 Å². The summed E-state index contributed by atoms with van der Waals surface area (Å²) < 4.78 is 0. The van der Waals surface area contributed by atoms with E-state index in [-0.39, 0.29) is 0 Å². The standard InChI is InChI=1S/C18H14N2/c1-20(16-11-9-14(13-19)10-12-16)18-8-4-6-15-5-2-3-7-17(15)18/h2-12H,1H3. The molecule has 0 N–H and O–H groups in total. The zero-order valence-corrected chi connectivity index (χ0v) is 11.2. The number of fused-ring (bicyclic) bond motifs is 1. The summed E-state index contributed by atoms with van der Waals surface area (Å²) in [5.41, 5.74) is 2.91. The lowest BCUT2D eigenvalue weighted by Gasteiger charge is -2.21. The van der Waals surface area contributed by atoms with Crippen molar-refractivity contribution >= 4 is 22.1 Å². The Labute approximate surface area is 118 Å². The lowest BCUT2D eigenvalue weighted by atomic mass is 10.1. The SMILES string of the molecule is CN(c1ccc(C#N)cc1)c1cccc2ccccc12. The second-order valence-electron chi connectivity index (χ2n) is 4.72. The van der Waals surface area contributed by atoms with Gasteiger partial charge in [-0.15, -0.1) is 0 Å². The third-order valence-electron chi connectivity index (χ3n) is 3.51. The highest BCUT2D eigenvalue weighted by Crippen LogP contribution is 2.30. The summed E-state index contributed by atoms with van der Waals surface area (Å²) in [6, 6.07) is 24.4. The molecule has 0 atom stereocenters. The summed E-state index contributed by atoms with van der Waals surface area (Å²) in [6.07, 6.45) is 0. The van der Waals surface area contributed by atoms with E-state index in [9.17, 15) is 0 Å². The summed E-state index contributed by atoms with van der Waals surface area (Å²) in [4.78, 5) is 2.14. The zero-order valence-electron chi connectivity index (χ0n) is 11.2. The fourth-order valence-corrected chi connectivity index (χ4v) is 2.40. The van der Waals surface area contributed by atoms with E-state index in [1.165, 1.54) is 10.8 Å². The van der Waals surface area contributed by atoms with Gasteiger partial charge in [-0.25, -0.2) is 0 Å². The van der Waals surface area contributed by atoms with Crippen molar-refractivity contribution in [3.63, 3.8) is 0 Å². The van der Waals surface area contributed by atoms with Crippen LogP contribution in [0.15, 0.2) is 66.7 Å². The van der Waals surface area contributed by atoms with E-state index in [4.69, 9.17) is 5.26 Å². The molecule has 3 aromatic carbocycles. The van der Waals surface area contributed by atoms with Crippen LogP contribution in [0.3, 0.4) is 0 Å². The Kier molecular flexibility index (Phi) is 3.10. The van der Waals surface area contributed by atoms with Gasteiger partial charge >= 0.3 is 0 Å². The number of rotatable bonds is 2. The summed E-state index contributed by atoms with van der Waals surface area (Å²) in [5.74, 6) is 0. The molecular weight excluding hydrogens is 244 g/mol. The van der Waals surface area contributed by atoms with Crippen LogP contribution >= 0.6 is 0 Å². The molecule has 3 rings (SSSR count). The molecule has 0 saturated heterocycles. The predicted octanol–water partition coefficient (Wildman–Crippen LogP) is 4.48. The van der Waals surface area contributed by atoms with Gasteiger partial charge in [0.2, 0.25) is 0 Å². The van der Waals surface area contributed by atoms with E-state index in [2.05, 4.69) is 47.4 Å². The summed E-state index contributed by atoms with van der Waals surface area (Å²) in [5, 5.41) is 11.3. The maximum Gasteiger partial charge on any atom is 0.0991 e. The van der Waals surface area contributed by atoms with E-state index < -0.39 is 0 Å². The second kappa shape index (κ2) is 5.07. The van der Waals surface area contributed by atoms with Crippen molar-refractivity contribution < 1.29 is 0 Å². The van der Waals surface area contributed by atoms with Crippen molar-refractivity contribution in [1.82, 2.24) is 0 Å². The van der Waals surface area contributed by atoms with Crippen LogP contribution in [-0.4, -0.2) is 7.05 Å². The predicted molar refractivity (Wildman–Crippen MR) is 83.2 cm³/mol. The molecule has 0 saturated carbocycles. The molecule has 0 heterocycles. The van der Waals surface area contributed by atoms with Crippen LogP contribution in [0.2, 0.25) is 0 Å². The van der Waals surface area contributed by atoms with Crippen LogP contribution in [0.1, 0.15) is 5.56 Å². The van der Waals surface area contributed by atoms with Crippen LogP contribution in [0.4, 0.5) is 11.4 Å². The van der Waals surface area contributed by atoms with Crippen molar-refractivity contribution in [3.8, 4) is 6.07 Å².